The van der Waals surface area contributed by atoms with Gasteiger partial charge >= 0.3 is 0 Å². The first-order valence-electron chi connectivity index (χ1n) is 9.35. The summed E-state index contributed by atoms with van der Waals surface area (Å²) in [7, 11) is 0. The van der Waals surface area contributed by atoms with Crippen LogP contribution < -0.4 is 10.6 Å². The zero-order valence-electron chi connectivity index (χ0n) is 14.4. The molecule has 2 heterocycles. The Kier molecular flexibility index (Phi) is 4.47. The molecule has 132 valence electrons. The number of halogens is 1. The van der Waals surface area contributed by atoms with E-state index in [1.165, 1.54) is 34.7 Å². The lowest BCUT2D eigenvalue weighted by atomic mass is 9.89. The minimum atomic E-state index is 0. The maximum Gasteiger partial charge on any atom is 0.224 e. The van der Waals surface area contributed by atoms with Crippen molar-refractivity contribution in [2.24, 2.45) is 5.92 Å². The Morgan fingerprint density at radius 1 is 1.04 bits per heavy atom. The molecule has 2 aliphatic heterocycles. The highest BCUT2D eigenvalue weighted by Gasteiger charge is 2.34. The third-order valence-corrected chi connectivity index (χ3v) is 6.20. The molecule has 0 saturated carbocycles. The van der Waals surface area contributed by atoms with E-state index < -0.39 is 0 Å². The average Bonchev–Trinajstić information content (AvgIpc) is 3.14. The van der Waals surface area contributed by atoms with Crippen molar-refractivity contribution in [3.8, 4) is 0 Å². The molecule has 2 fully saturated rings. The van der Waals surface area contributed by atoms with E-state index >= 15 is 0 Å². The molecule has 2 atom stereocenters. The second kappa shape index (κ2) is 6.62. The van der Waals surface area contributed by atoms with Crippen molar-refractivity contribution in [3.05, 3.63) is 41.5 Å². The summed E-state index contributed by atoms with van der Waals surface area (Å²) in [4.78, 5) is 12.6. The number of anilines is 1. The number of fused-ring (bicyclic) bond motifs is 2. The van der Waals surface area contributed by atoms with E-state index in [9.17, 15) is 4.79 Å². The molecule has 1 aliphatic carbocycles. The molecule has 2 aromatic carbocycles. The van der Waals surface area contributed by atoms with Gasteiger partial charge in [-0.15, -0.1) is 12.4 Å². The number of amides is 1. The molecule has 0 spiro atoms. The van der Waals surface area contributed by atoms with Crippen LogP contribution in [0.5, 0.6) is 0 Å². The minimum absolute atomic E-state index is 0. The largest absolute Gasteiger partial charge is 0.326 e. The summed E-state index contributed by atoms with van der Waals surface area (Å²) in [6.45, 7) is 0. The molecule has 0 radical (unpaired) electrons. The Labute approximate surface area is 155 Å². The van der Waals surface area contributed by atoms with Crippen LogP contribution in [0, 0.1) is 5.92 Å². The van der Waals surface area contributed by atoms with Crippen LogP contribution in [-0.4, -0.2) is 18.0 Å². The lowest BCUT2D eigenvalue weighted by molar-refractivity contribution is -0.117. The summed E-state index contributed by atoms with van der Waals surface area (Å²) in [5.74, 6) is 0.723. The molecule has 1 amide bonds. The van der Waals surface area contributed by atoms with Crippen LogP contribution in [0.1, 0.15) is 43.2 Å². The second-order valence-corrected chi connectivity index (χ2v) is 7.84. The van der Waals surface area contributed by atoms with Gasteiger partial charge in [-0.2, -0.15) is 0 Å². The molecule has 2 N–H and O–H groups in total. The third-order valence-electron chi connectivity index (χ3n) is 6.20. The Bertz CT molecular complexity index is 797. The number of rotatable bonds is 3. The van der Waals surface area contributed by atoms with Crippen molar-refractivity contribution in [1.29, 1.82) is 0 Å². The zero-order chi connectivity index (χ0) is 16.1. The number of nitrogens with one attached hydrogen (secondary N) is 2. The highest BCUT2D eigenvalue weighted by molar-refractivity contribution is 6.05. The Balaban J connectivity index is 0.00000157. The molecule has 2 bridgehead atoms. The second-order valence-electron chi connectivity index (χ2n) is 7.84. The van der Waals surface area contributed by atoms with E-state index in [1.54, 1.807) is 0 Å². The maximum atomic E-state index is 12.6. The van der Waals surface area contributed by atoms with Gasteiger partial charge in [0.25, 0.3) is 0 Å². The molecule has 25 heavy (non-hydrogen) atoms. The smallest absolute Gasteiger partial charge is 0.224 e. The van der Waals surface area contributed by atoms with Gasteiger partial charge in [-0.05, 0) is 67.0 Å². The summed E-state index contributed by atoms with van der Waals surface area (Å²) in [5.41, 5.74) is 3.83. The average molecular weight is 357 g/mol. The number of benzene rings is 2. The fourth-order valence-electron chi connectivity index (χ4n) is 5.16. The van der Waals surface area contributed by atoms with Crippen LogP contribution >= 0.6 is 12.4 Å². The van der Waals surface area contributed by atoms with Gasteiger partial charge in [-0.1, -0.05) is 24.3 Å². The topological polar surface area (TPSA) is 41.1 Å². The molecule has 2 unspecified atom stereocenters. The number of hydrogen-bond acceptors (Lipinski definition) is 2. The zero-order valence-corrected chi connectivity index (χ0v) is 15.2. The van der Waals surface area contributed by atoms with Gasteiger partial charge < -0.3 is 10.6 Å². The summed E-state index contributed by atoms with van der Waals surface area (Å²) >= 11 is 0. The number of carbonyl (C=O) groups is 1. The van der Waals surface area contributed by atoms with Gasteiger partial charge in [-0.3, -0.25) is 4.79 Å². The monoisotopic (exact) mass is 356 g/mol. The van der Waals surface area contributed by atoms with Crippen molar-refractivity contribution in [2.45, 2.75) is 57.0 Å². The lowest BCUT2D eigenvalue weighted by Gasteiger charge is -2.28. The molecule has 3 nitrogen and oxygen atoms in total. The first kappa shape index (κ1) is 16.9. The molecule has 4 heteroatoms. The van der Waals surface area contributed by atoms with Crippen molar-refractivity contribution in [3.63, 3.8) is 0 Å². The van der Waals surface area contributed by atoms with Crippen LogP contribution in [-0.2, 0) is 17.6 Å². The first-order chi connectivity index (χ1) is 11.8. The first-order valence-corrected chi connectivity index (χ1v) is 9.35. The third kappa shape index (κ3) is 3.04. The molecular weight excluding hydrogens is 332 g/mol. The van der Waals surface area contributed by atoms with Gasteiger partial charge in [0.15, 0.2) is 0 Å². The Morgan fingerprint density at radius 3 is 2.52 bits per heavy atom. The van der Waals surface area contributed by atoms with E-state index in [0.29, 0.717) is 24.4 Å². The number of aryl methyl sites for hydroxylation is 2. The molecular formula is C21H25ClN2O. The van der Waals surface area contributed by atoms with Crippen LogP contribution in [0.4, 0.5) is 5.69 Å². The summed E-state index contributed by atoms with van der Waals surface area (Å²) < 4.78 is 0. The summed E-state index contributed by atoms with van der Waals surface area (Å²) in [5, 5.41) is 9.44. The molecule has 2 aromatic rings. The number of hydrogen-bond donors (Lipinski definition) is 2. The summed E-state index contributed by atoms with van der Waals surface area (Å²) in [6, 6.07) is 12.1. The maximum absolute atomic E-state index is 12.6. The van der Waals surface area contributed by atoms with E-state index in [4.69, 9.17) is 0 Å². The standard InChI is InChI=1S/C21H24N2O.ClH/c24-20(12-13-10-16-7-8-17(11-13)22-16)23-19-9-6-15-5-4-14-2-1-3-18(19)21(14)15;/h1-3,6,9,13,16-17,22H,4-5,7-8,10-12H2,(H,23,24);1H. The van der Waals surface area contributed by atoms with E-state index in [2.05, 4.69) is 41.0 Å². The SMILES string of the molecule is Cl.O=C(CC1CC2CCC(C1)N2)Nc1ccc2c3c(cccc13)CC2. The van der Waals surface area contributed by atoms with Crippen LogP contribution in [0.3, 0.4) is 0 Å². The predicted octanol–water partition coefficient (Wildman–Crippen LogP) is 4.22. The van der Waals surface area contributed by atoms with Crippen LogP contribution in [0.15, 0.2) is 30.3 Å². The number of piperidine rings is 1. The van der Waals surface area contributed by atoms with E-state index in [-0.39, 0.29) is 18.3 Å². The van der Waals surface area contributed by atoms with Gasteiger partial charge in [0, 0.05) is 29.6 Å². The summed E-state index contributed by atoms with van der Waals surface area (Å²) in [6.07, 6.45) is 7.82. The quantitative estimate of drug-likeness (QED) is 0.864. The Hall–Kier alpha value is -1.58. The van der Waals surface area contributed by atoms with Gasteiger partial charge in [0.2, 0.25) is 5.91 Å². The van der Waals surface area contributed by atoms with Gasteiger partial charge in [0.1, 0.15) is 0 Å². The van der Waals surface area contributed by atoms with Crippen molar-refractivity contribution in [2.75, 3.05) is 5.32 Å². The van der Waals surface area contributed by atoms with Crippen LogP contribution in [0.2, 0.25) is 0 Å². The van der Waals surface area contributed by atoms with Crippen LogP contribution in [0.25, 0.3) is 10.8 Å². The van der Waals surface area contributed by atoms with Gasteiger partial charge in [-0.25, -0.2) is 0 Å². The highest BCUT2D eigenvalue weighted by Crippen LogP contribution is 2.36. The van der Waals surface area contributed by atoms with Gasteiger partial charge in [0.05, 0.1) is 0 Å². The van der Waals surface area contributed by atoms with E-state index in [1.807, 2.05) is 0 Å². The highest BCUT2D eigenvalue weighted by atomic mass is 35.5. The van der Waals surface area contributed by atoms with Crippen molar-refractivity contribution < 1.29 is 4.79 Å². The fourth-order valence-corrected chi connectivity index (χ4v) is 5.16. The molecule has 2 saturated heterocycles. The minimum Gasteiger partial charge on any atom is -0.326 e. The Morgan fingerprint density at radius 2 is 1.76 bits per heavy atom. The fraction of sp³-hybridized carbons (Fsp3) is 0.476. The molecule has 3 aliphatic rings. The van der Waals surface area contributed by atoms with Crippen molar-refractivity contribution in [1.82, 2.24) is 5.32 Å². The number of carbonyl (C=O) groups excluding carboxylic acids is 1. The predicted molar refractivity (Wildman–Crippen MR) is 105 cm³/mol. The lowest BCUT2D eigenvalue weighted by Crippen LogP contribution is -2.39. The molecule has 5 rings (SSSR count). The van der Waals surface area contributed by atoms with Crippen molar-refractivity contribution >= 4 is 34.8 Å². The van der Waals surface area contributed by atoms with E-state index in [0.717, 1.165) is 31.4 Å². The molecule has 0 aromatic heterocycles. The normalized spacial score (nSPS) is 26.5.